The normalized spacial score (nSPS) is 11.3. The molecule has 3 aromatic rings. The van der Waals surface area contributed by atoms with Crippen molar-refractivity contribution < 1.29 is 14.0 Å². The zero-order chi connectivity index (χ0) is 20.1. The molecule has 7 nitrogen and oxygen atoms in total. The van der Waals surface area contributed by atoms with Crippen LogP contribution in [0.1, 0.15) is 24.5 Å². The minimum Gasteiger partial charge on any atom is -0.422 e. The van der Waals surface area contributed by atoms with Gasteiger partial charge >= 0.3 is 5.63 Å². The van der Waals surface area contributed by atoms with E-state index in [2.05, 4.69) is 15.8 Å². The number of rotatable bonds is 5. The molecule has 142 valence electrons. The summed E-state index contributed by atoms with van der Waals surface area (Å²) in [5, 5.41) is 7.29. The highest BCUT2D eigenvalue weighted by atomic mass is 16.4. The Morgan fingerprint density at radius 3 is 2.50 bits per heavy atom. The summed E-state index contributed by atoms with van der Waals surface area (Å²) in [4.78, 5) is 36.0. The number of benzene rings is 2. The number of nitrogens with one attached hydrogen (secondary N) is 2. The maximum absolute atomic E-state index is 12.1. The van der Waals surface area contributed by atoms with Crippen LogP contribution in [0.5, 0.6) is 0 Å². The average Bonchev–Trinajstić information content (AvgIpc) is 2.67. The van der Waals surface area contributed by atoms with Crippen molar-refractivity contribution in [3.05, 3.63) is 76.1 Å². The summed E-state index contributed by atoms with van der Waals surface area (Å²) in [5.41, 5.74) is 4.41. The topological polar surface area (TPSA) is 101 Å². The fourth-order valence-corrected chi connectivity index (χ4v) is 2.55. The van der Waals surface area contributed by atoms with Gasteiger partial charge in [-0.15, -0.1) is 0 Å². The Morgan fingerprint density at radius 1 is 1.04 bits per heavy atom. The fraction of sp³-hybridized carbons (Fsp3) is 0.143. The molecule has 1 heterocycles. The molecule has 0 fully saturated rings. The molecular formula is C21H19N3O4. The monoisotopic (exact) mass is 377 g/mol. The first-order valence-corrected chi connectivity index (χ1v) is 8.65. The molecule has 0 radical (unpaired) electrons. The van der Waals surface area contributed by atoms with Gasteiger partial charge in [0.05, 0.1) is 11.3 Å². The smallest absolute Gasteiger partial charge is 0.345 e. The van der Waals surface area contributed by atoms with Crippen molar-refractivity contribution in [2.24, 2.45) is 5.10 Å². The first-order chi connectivity index (χ1) is 13.4. The number of carbonyl (C=O) groups is 2. The van der Waals surface area contributed by atoms with Crippen LogP contribution in [0.2, 0.25) is 0 Å². The summed E-state index contributed by atoms with van der Waals surface area (Å²) in [6.07, 6.45) is -0.392. The van der Waals surface area contributed by atoms with E-state index in [1.165, 1.54) is 0 Å². The highest BCUT2D eigenvalue weighted by Gasteiger charge is 2.11. The second-order valence-corrected chi connectivity index (χ2v) is 6.31. The highest BCUT2D eigenvalue weighted by molar-refractivity contribution is 6.05. The third-order valence-corrected chi connectivity index (χ3v) is 4.04. The zero-order valence-corrected chi connectivity index (χ0v) is 15.5. The number of amides is 2. The molecule has 0 aliphatic carbocycles. The number of aryl methyl sites for hydroxylation is 1. The molecule has 1 aromatic heterocycles. The molecule has 0 saturated carbocycles. The van der Waals surface area contributed by atoms with Gasteiger partial charge < -0.3 is 9.73 Å². The number of anilines is 1. The Hall–Kier alpha value is -3.74. The molecule has 0 aliphatic heterocycles. The molecule has 0 spiro atoms. The number of fused-ring (bicyclic) bond motifs is 1. The minimum atomic E-state index is -0.589. The molecule has 0 atom stereocenters. The van der Waals surface area contributed by atoms with Crippen molar-refractivity contribution in [2.75, 3.05) is 5.32 Å². The van der Waals surface area contributed by atoms with E-state index >= 15 is 0 Å². The number of hydrogen-bond donors (Lipinski definition) is 2. The van der Waals surface area contributed by atoms with Crippen LogP contribution in [0.3, 0.4) is 0 Å². The number of nitrogens with zero attached hydrogens (tertiary/aromatic N) is 1. The van der Waals surface area contributed by atoms with E-state index in [-0.39, 0.29) is 11.3 Å². The van der Waals surface area contributed by atoms with Crippen LogP contribution in [0.15, 0.2) is 68.9 Å². The molecule has 0 aliphatic rings. The van der Waals surface area contributed by atoms with Gasteiger partial charge in [0.25, 0.3) is 0 Å². The molecule has 2 aromatic carbocycles. The molecule has 0 saturated heterocycles. The van der Waals surface area contributed by atoms with E-state index in [0.29, 0.717) is 11.3 Å². The summed E-state index contributed by atoms with van der Waals surface area (Å²) in [5.74, 6) is -1.05. The standard InChI is InChI=1S/C21H19N3O4/c1-13-7-9-16(10-8-13)22-19(25)12-20(26)24-23-14(2)17-11-15-5-3-4-6-18(15)28-21(17)27/h3-11H,12H2,1-2H3,(H,22,25)(H,24,26). The van der Waals surface area contributed by atoms with E-state index in [4.69, 9.17) is 4.42 Å². The predicted molar refractivity (Wildman–Crippen MR) is 107 cm³/mol. The second-order valence-electron chi connectivity index (χ2n) is 6.31. The van der Waals surface area contributed by atoms with Crippen LogP contribution in [-0.4, -0.2) is 17.5 Å². The lowest BCUT2D eigenvalue weighted by molar-refractivity contribution is -0.126. The lowest BCUT2D eigenvalue weighted by Gasteiger charge is -2.06. The van der Waals surface area contributed by atoms with Gasteiger partial charge in [0, 0.05) is 11.1 Å². The zero-order valence-electron chi connectivity index (χ0n) is 15.5. The Morgan fingerprint density at radius 2 is 1.75 bits per heavy atom. The Labute approximate surface area is 161 Å². The van der Waals surface area contributed by atoms with Crippen molar-refractivity contribution >= 4 is 34.2 Å². The van der Waals surface area contributed by atoms with Crippen molar-refractivity contribution in [3.63, 3.8) is 0 Å². The van der Waals surface area contributed by atoms with E-state index in [1.807, 2.05) is 31.2 Å². The van der Waals surface area contributed by atoms with Crippen molar-refractivity contribution in [1.29, 1.82) is 0 Å². The summed E-state index contributed by atoms with van der Waals surface area (Å²) in [7, 11) is 0. The van der Waals surface area contributed by atoms with Crippen LogP contribution in [0.25, 0.3) is 11.0 Å². The lowest BCUT2D eigenvalue weighted by atomic mass is 10.1. The van der Waals surface area contributed by atoms with Crippen LogP contribution in [0.4, 0.5) is 5.69 Å². The van der Waals surface area contributed by atoms with Gasteiger partial charge in [-0.1, -0.05) is 35.9 Å². The SMILES string of the molecule is CC(=NNC(=O)CC(=O)Nc1ccc(C)cc1)c1cc2ccccc2oc1=O. The average molecular weight is 377 g/mol. The van der Waals surface area contributed by atoms with Gasteiger partial charge in [-0.3, -0.25) is 9.59 Å². The summed E-state index contributed by atoms with van der Waals surface area (Å²) in [6, 6.07) is 16.0. The number of carbonyl (C=O) groups excluding carboxylic acids is 2. The predicted octanol–water partition coefficient (Wildman–Crippen LogP) is 2.97. The third-order valence-electron chi connectivity index (χ3n) is 4.04. The van der Waals surface area contributed by atoms with Gasteiger partial charge in [-0.2, -0.15) is 5.10 Å². The maximum Gasteiger partial charge on any atom is 0.345 e. The molecule has 0 bridgehead atoms. The summed E-state index contributed by atoms with van der Waals surface area (Å²) in [6.45, 7) is 3.52. The molecule has 0 unspecified atom stereocenters. The number of hydrazone groups is 1. The first-order valence-electron chi connectivity index (χ1n) is 8.65. The van der Waals surface area contributed by atoms with Crippen LogP contribution < -0.4 is 16.4 Å². The van der Waals surface area contributed by atoms with Gasteiger partial charge in [0.1, 0.15) is 12.0 Å². The third kappa shape index (κ3) is 4.70. The van der Waals surface area contributed by atoms with Gasteiger partial charge in [-0.25, -0.2) is 10.2 Å². The van der Waals surface area contributed by atoms with Crippen molar-refractivity contribution in [2.45, 2.75) is 20.3 Å². The van der Waals surface area contributed by atoms with Crippen LogP contribution in [0, 0.1) is 6.92 Å². The molecule has 2 N–H and O–H groups in total. The quantitative estimate of drug-likeness (QED) is 0.309. The summed E-state index contributed by atoms with van der Waals surface area (Å²) >= 11 is 0. The molecule has 7 heteroatoms. The van der Waals surface area contributed by atoms with Gasteiger partial charge in [-0.05, 0) is 38.1 Å². The summed E-state index contributed by atoms with van der Waals surface area (Å²) < 4.78 is 5.25. The first kappa shape index (κ1) is 19.0. The van der Waals surface area contributed by atoms with Crippen LogP contribution >= 0.6 is 0 Å². The van der Waals surface area contributed by atoms with Crippen molar-refractivity contribution in [3.8, 4) is 0 Å². The fourth-order valence-electron chi connectivity index (χ4n) is 2.55. The van der Waals surface area contributed by atoms with E-state index < -0.39 is 23.9 Å². The lowest BCUT2D eigenvalue weighted by Crippen LogP contribution is -2.26. The van der Waals surface area contributed by atoms with E-state index in [1.54, 1.807) is 37.3 Å². The minimum absolute atomic E-state index is 0.239. The van der Waals surface area contributed by atoms with Gasteiger partial charge in [0.15, 0.2) is 0 Å². The highest BCUT2D eigenvalue weighted by Crippen LogP contribution is 2.13. The van der Waals surface area contributed by atoms with Crippen LogP contribution in [-0.2, 0) is 9.59 Å². The number of para-hydroxylation sites is 1. The second kappa shape index (κ2) is 8.30. The van der Waals surface area contributed by atoms with Crippen molar-refractivity contribution in [1.82, 2.24) is 5.43 Å². The Bertz CT molecular complexity index is 1110. The van der Waals surface area contributed by atoms with Gasteiger partial charge in [0.2, 0.25) is 11.8 Å². The van der Waals surface area contributed by atoms with E-state index in [0.717, 1.165) is 10.9 Å². The molecule has 2 amide bonds. The molecule has 28 heavy (non-hydrogen) atoms. The molecular weight excluding hydrogens is 358 g/mol. The maximum atomic E-state index is 12.1. The number of hydrogen-bond acceptors (Lipinski definition) is 5. The molecule has 3 rings (SSSR count). The Balaban J connectivity index is 1.63. The largest absolute Gasteiger partial charge is 0.422 e. The Kier molecular flexibility index (Phi) is 5.64. The van der Waals surface area contributed by atoms with E-state index in [9.17, 15) is 14.4 Å².